The molecule has 0 radical (unpaired) electrons. The number of hydrogen-bond donors (Lipinski definition) is 3. The van der Waals surface area contributed by atoms with Crippen LogP contribution in [0.4, 0.5) is 4.79 Å². The molecule has 0 fully saturated rings. The molecule has 0 spiro atoms. The van der Waals surface area contributed by atoms with Gasteiger partial charge in [-0.3, -0.25) is 9.59 Å². The summed E-state index contributed by atoms with van der Waals surface area (Å²) in [6, 6.07) is 14.8. The van der Waals surface area contributed by atoms with Gasteiger partial charge in [-0.05, 0) is 34.6 Å². The second kappa shape index (κ2) is 10.3. The summed E-state index contributed by atoms with van der Waals surface area (Å²) >= 11 is 0. The number of ether oxygens (including phenoxy) is 1. The number of hydrogen-bond acceptors (Lipinski definition) is 4. The first kappa shape index (κ1) is 23.3. The van der Waals surface area contributed by atoms with Crippen LogP contribution in [0, 0.1) is 5.92 Å². The molecule has 2 atom stereocenters. The quantitative estimate of drug-likeness (QED) is 0.550. The maximum atomic E-state index is 12.6. The van der Waals surface area contributed by atoms with Crippen molar-refractivity contribution in [2.45, 2.75) is 51.6 Å². The first-order valence-corrected chi connectivity index (χ1v) is 11.0. The standard InChI is InChI=1S/C25H30N2O5/c1-4-21(24(30)26-22(15(2)3)13-23(28)29)27-25(31)32-14-20-18-11-7-5-9-16(18)17-10-6-8-12-19(17)20/h5-12,15,20-22H,4,13-14H2,1-3H3,(H,26,30)(H,27,31)(H,28,29). The number of aliphatic carboxylic acids is 1. The second-order valence-corrected chi connectivity index (χ2v) is 8.39. The first-order chi connectivity index (χ1) is 15.3. The van der Waals surface area contributed by atoms with Crippen molar-refractivity contribution >= 4 is 18.0 Å². The Kier molecular flexibility index (Phi) is 7.51. The molecular weight excluding hydrogens is 408 g/mol. The topological polar surface area (TPSA) is 105 Å². The summed E-state index contributed by atoms with van der Waals surface area (Å²) in [5.41, 5.74) is 4.50. The molecule has 0 bridgehead atoms. The van der Waals surface area contributed by atoms with Crippen molar-refractivity contribution in [1.29, 1.82) is 0 Å². The Bertz CT molecular complexity index is 942. The van der Waals surface area contributed by atoms with Gasteiger partial charge in [0.15, 0.2) is 0 Å². The molecule has 2 aromatic carbocycles. The van der Waals surface area contributed by atoms with E-state index < -0.39 is 30.1 Å². The lowest BCUT2D eigenvalue weighted by Gasteiger charge is -2.24. The van der Waals surface area contributed by atoms with Crippen molar-refractivity contribution in [3.05, 3.63) is 59.7 Å². The van der Waals surface area contributed by atoms with Gasteiger partial charge in [-0.25, -0.2) is 4.79 Å². The van der Waals surface area contributed by atoms with E-state index in [9.17, 15) is 14.4 Å². The van der Waals surface area contributed by atoms with Crippen LogP contribution in [0.1, 0.15) is 50.7 Å². The predicted molar refractivity (Wildman–Crippen MR) is 121 cm³/mol. The van der Waals surface area contributed by atoms with Gasteiger partial charge < -0.3 is 20.5 Å². The van der Waals surface area contributed by atoms with Crippen LogP contribution in [0.15, 0.2) is 48.5 Å². The molecule has 1 aliphatic rings. The van der Waals surface area contributed by atoms with Gasteiger partial charge in [0.1, 0.15) is 12.6 Å². The molecule has 32 heavy (non-hydrogen) atoms. The van der Waals surface area contributed by atoms with E-state index in [2.05, 4.69) is 22.8 Å². The summed E-state index contributed by atoms with van der Waals surface area (Å²) in [5, 5.41) is 14.4. The number of carbonyl (C=O) groups is 3. The van der Waals surface area contributed by atoms with Gasteiger partial charge in [-0.15, -0.1) is 0 Å². The Labute approximate surface area is 188 Å². The van der Waals surface area contributed by atoms with Crippen molar-refractivity contribution in [2.75, 3.05) is 6.61 Å². The van der Waals surface area contributed by atoms with Crippen molar-refractivity contribution in [3.63, 3.8) is 0 Å². The summed E-state index contributed by atoms with van der Waals surface area (Å²) in [5.74, 6) is -1.52. The summed E-state index contributed by atoms with van der Waals surface area (Å²) in [6.07, 6.45) is -0.494. The third-order valence-corrected chi connectivity index (χ3v) is 5.89. The van der Waals surface area contributed by atoms with Crippen molar-refractivity contribution < 1.29 is 24.2 Å². The van der Waals surface area contributed by atoms with Gasteiger partial charge in [0.25, 0.3) is 0 Å². The summed E-state index contributed by atoms with van der Waals surface area (Å²) in [7, 11) is 0. The highest BCUT2D eigenvalue weighted by Gasteiger charge is 2.30. The first-order valence-electron chi connectivity index (χ1n) is 11.0. The average Bonchev–Trinajstić information content (AvgIpc) is 3.09. The highest BCUT2D eigenvalue weighted by molar-refractivity contribution is 5.86. The third kappa shape index (κ3) is 5.28. The Morgan fingerprint density at radius 2 is 1.53 bits per heavy atom. The van der Waals surface area contributed by atoms with E-state index >= 15 is 0 Å². The molecule has 0 heterocycles. The van der Waals surface area contributed by atoms with Gasteiger partial charge in [0.2, 0.25) is 5.91 Å². The lowest BCUT2D eigenvalue weighted by Crippen LogP contribution is -2.51. The van der Waals surface area contributed by atoms with Crippen LogP contribution < -0.4 is 10.6 Å². The highest BCUT2D eigenvalue weighted by atomic mass is 16.5. The predicted octanol–water partition coefficient (Wildman–Crippen LogP) is 3.92. The number of carboxylic acids is 1. The molecule has 7 nitrogen and oxygen atoms in total. The maximum Gasteiger partial charge on any atom is 0.407 e. The summed E-state index contributed by atoms with van der Waals surface area (Å²) < 4.78 is 5.51. The van der Waals surface area contributed by atoms with Crippen LogP contribution in [0.25, 0.3) is 11.1 Å². The molecule has 0 aromatic heterocycles. The molecule has 0 aliphatic heterocycles. The molecule has 2 unspecified atom stereocenters. The third-order valence-electron chi connectivity index (χ3n) is 5.89. The molecule has 0 saturated heterocycles. The largest absolute Gasteiger partial charge is 0.481 e. The molecule has 1 aliphatic carbocycles. The number of alkyl carbamates (subject to hydrolysis) is 1. The highest BCUT2D eigenvalue weighted by Crippen LogP contribution is 2.44. The Hall–Kier alpha value is -3.35. The van der Waals surface area contributed by atoms with Crippen LogP contribution in [0.3, 0.4) is 0 Å². The van der Waals surface area contributed by atoms with E-state index in [0.29, 0.717) is 6.42 Å². The molecular formula is C25H30N2O5. The monoisotopic (exact) mass is 438 g/mol. The number of benzene rings is 2. The fourth-order valence-electron chi connectivity index (χ4n) is 4.06. The van der Waals surface area contributed by atoms with Crippen LogP contribution in [-0.4, -0.2) is 41.8 Å². The van der Waals surface area contributed by atoms with Crippen molar-refractivity contribution in [2.24, 2.45) is 5.92 Å². The van der Waals surface area contributed by atoms with E-state index in [1.165, 1.54) is 0 Å². The van der Waals surface area contributed by atoms with Crippen molar-refractivity contribution in [3.8, 4) is 11.1 Å². The van der Waals surface area contributed by atoms with Crippen LogP contribution >= 0.6 is 0 Å². The molecule has 3 N–H and O–H groups in total. The minimum atomic E-state index is -0.985. The smallest absolute Gasteiger partial charge is 0.407 e. The number of nitrogens with one attached hydrogen (secondary N) is 2. The van der Waals surface area contributed by atoms with Crippen LogP contribution in [0.2, 0.25) is 0 Å². The van der Waals surface area contributed by atoms with E-state index in [0.717, 1.165) is 22.3 Å². The fraction of sp³-hybridized carbons (Fsp3) is 0.400. The van der Waals surface area contributed by atoms with Gasteiger partial charge >= 0.3 is 12.1 Å². The average molecular weight is 439 g/mol. The summed E-state index contributed by atoms with van der Waals surface area (Å²) in [6.45, 7) is 5.61. The van der Waals surface area contributed by atoms with Gasteiger partial charge in [-0.2, -0.15) is 0 Å². The summed E-state index contributed by atoms with van der Waals surface area (Å²) in [4.78, 5) is 36.2. The second-order valence-electron chi connectivity index (χ2n) is 8.39. The number of carboxylic acid groups (broad SMARTS) is 1. The molecule has 0 saturated carbocycles. The van der Waals surface area contributed by atoms with Crippen LogP contribution in [-0.2, 0) is 14.3 Å². The lowest BCUT2D eigenvalue weighted by atomic mass is 9.98. The minimum Gasteiger partial charge on any atom is -0.481 e. The number of carbonyl (C=O) groups excluding carboxylic acids is 2. The van der Waals surface area contributed by atoms with E-state index in [-0.39, 0.29) is 24.9 Å². The van der Waals surface area contributed by atoms with Crippen LogP contribution in [0.5, 0.6) is 0 Å². The zero-order chi connectivity index (χ0) is 23.3. The fourth-order valence-corrected chi connectivity index (χ4v) is 4.06. The van der Waals surface area contributed by atoms with E-state index in [1.807, 2.05) is 50.2 Å². The number of rotatable bonds is 9. The number of amides is 2. The van der Waals surface area contributed by atoms with E-state index in [4.69, 9.17) is 9.84 Å². The molecule has 7 heteroatoms. The molecule has 2 aromatic rings. The Balaban J connectivity index is 1.61. The Morgan fingerprint density at radius 1 is 0.969 bits per heavy atom. The molecule has 170 valence electrons. The Morgan fingerprint density at radius 3 is 2.03 bits per heavy atom. The lowest BCUT2D eigenvalue weighted by molar-refractivity contribution is -0.138. The van der Waals surface area contributed by atoms with Gasteiger partial charge in [-0.1, -0.05) is 69.3 Å². The molecule has 3 rings (SSSR count). The van der Waals surface area contributed by atoms with Gasteiger partial charge in [0.05, 0.1) is 6.42 Å². The molecule has 2 amide bonds. The minimum absolute atomic E-state index is 0.0537. The zero-order valence-electron chi connectivity index (χ0n) is 18.6. The van der Waals surface area contributed by atoms with Gasteiger partial charge in [0, 0.05) is 12.0 Å². The SMILES string of the molecule is CCC(NC(=O)OCC1c2ccccc2-c2ccccc21)C(=O)NC(CC(=O)O)C(C)C. The normalized spacial score (nSPS) is 14.2. The van der Waals surface area contributed by atoms with Crippen molar-refractivity contribution in [1.82, 2.24) is 10.6 Å². The zero-order valence-corrected chi connectivity index (χ0v) is 18.6. The van der Waals surface area contributed by atoms with E-state index in [1.54, 1.807) is 6.92 Å². The maximum absolute atomic E-state index is 12.6. The number of fused-ring (bicyclic) bond motifs is 3.